The summed E-state index contributed by atoms with van der Waals surface area (Å²) in [6.07, 6.45) is -0.0156. The molecule has 1 aliphatic rings. The fourth-order valence-corrected chi connectivity index (χ4v) is 4.22. The zero-order valence-electron chi connectivity index (χ0n) is 14.2. The first-order valence-electron chi connectivity index (χ1n) is 8.71. The molecule has 132 valence electrons. The van der Waals surface area contributed by atoms with Gasteiger partial charge < -0.3 is 10.4 Å². The molecule has 0 bridgehead atoms. The van der Waals surface area contributed by atoms with Gasteiger partial charge in [0.05, 0.1) is 6.10 Å². The highest BCUT2D eigenvalue weighted by molar-refractivity contribution is 6.30. The first-order chi connectivity index (χ1) is 12.6. The second kappa shape index (κ2) is 7.05. The Hall–Kier alpha value is -1.84. The third kappa shape index (κ3) is 3.15. The van der Waals surface area contributed by atoms with Gasteiger partial charge in [0, 0.05) is 33.2 Å². The number of fused-ring (bicyclic) bond motifs is 1. The SMILES string of the molecule is O[C@@H](C[C@]1(c2ccc(Cl)cc2)[NH2+]Cc2ccccc21)c1ccc(Cl)cc1. The highest BCUT2D eigenvalue weighted by atomic mass is 35.5. The Balaban J connectivity index is 1.77. The molecule has 4 heteroatoms. The Bertz CT molecular complexity index is 908. The molecular weight excluding hydrogens is 365 g/mol. The van der Waals surface area contributed by atoms with Gasteiger partial charge in [-0.2, -0.15) is 0 Å². The molecule has 3 aromatic carbocycles. The molecule has 0 radical (unpaired) electrons. The summed E-state index contributed by atoms with van der Waals surface area (Å²) in [6.45, 7) is 0.895. The van der Waals surface area contributed by atoms with E-state index in [1.54, 1.807) is 0 Å². The van der Waals surface area contributed by atoms with Gasteiger partial charge in [0.15, 0.2) is 5.54 Å². The Labute approximate surface area is 163 Å². The van der Waals surface area contributed by atoms with Crippen molar-refractivity contribution in [3.05, 3.63) is 105 Å². The topological polar surface area (TPSA) is 36.8 Å². The minimum Gasteiger partial charge on any atom is -0.388 e. The van der Waals surface area contributed by atoms with E-state index >= 15 is 0 Å². The lowest BCUT2D eigenvalue weighted by molar-refractivity contribution is -0.732. The number of quaternary nitrogens is 1. The van der Waals surface area contributed by atoms with Crippen LogP contribution in [0.5, 0.6) is 0 Å². The first-order valence-corrected chi connectivity index (χ1v) is 9.46. The lowest BCUT2D eigenvalue weighted by atomic mass is 9.78. The third-order valence-corrected chi connectivity index (χ3v) is 5.80. The van der Waals surface area contributed by atoms with E-state index < -0.39 is 6.10 Å². The lowest BCUT2D eigenvalue weighted by Gasteiger charge is -2.30. The van der Waals surface area contributed by atoms with Gasteiger partial charge in [0.1, 0.15) is 6.54 Å². The molecule has 0 fully saturated rings. The maximum Gasteiger partial charge on any atom is 0.151 e. The maximum atomic E-state index is 11.0. The van der Waals surface area contributed by atoms with Crippen molar-refractivity contribution >= 4 is 23.2 Å². The zero-order chi connectivity index (χ0) is 18.1. The number of aliphatic hydroxyl groups excluding tert-OH is 1. The Morgan fingerprint density at radius 3 is 2.19 bits per heavy atom. The fourth-order valence-electron chi connectivity index (χ4n) is 3.97. The maximum absolute atomic E-state index is 11.0. The van der Waals surface area contributed by atoms with Crippen LogP contribution >= 0.6 is 23.2 Å². The standard InChI is InChI=1S/C22H19Cl2NO/c23-18-9-5-15(6-10-18)21(26)13-22(17-7-11-19(24)12-8-17)20-4-2-1-3-16(20)14-25-22/h1-12,21,25-26H,13-14H2/p+1/t21-,22+/m0/s1. The highest BCUT2D eigenvalue weighted by Crippen LogP contribution is 2.39. The predicted molar refractivity (Wildman–Crippen MR) is 105 cm³/mol. The second-order valence-corrected chi connectivity index (χ2v) is 7.69. The van der Waals surface area contributed by atoms with Crippen molar-refractivity contribution in [2.75, 3.05) is 0 Å². The van der Waals surface area contributed by atoms with E-state index in [4.69, 9.17) is 23.2 Å². The molecule has 3 N–H and O–H groups in total. The van der Waals surface area contributed by atoms with Crippen LogP contribution < -0.4 is 5.32 Å². The van der Waals surface area contributed by atoms with Gasteiger partial charge in [0.2, 0.25) is 0 Å². The van der Waals surface area contributed by atoms with Gasteiger partial charge in [-0.1, -0.05) is 71.7 Å². The van der Waals surface area contributed by atoms with E-state index in [1.807, 2.05) is 36.4 Å². The normalized spacial score (nSPS) is 20.0. The van der Waals surface area contributed by atoms with Gasteiger partial charge >= 0.3 is 0 Å². The van der Waals surface area contributed by atoms with E-state index in [1.165, 1.54) is 11.1 Å². The summed E-state index contributed by atoms with van der Waals surface area (Å²) < 4.78 is 0. The lowest BCUT2D eigenvalue weighted by Crippen LogP contribution is -2.91. The summed E-state index contributed by atoms with van der Waals surface area (Å²) in [4.78, 5) is 0. The zero-order valence-corrected chi connectivity index (χ0v) is 15.7. The van der Waals surface area contributed by atoms with E-state index in [2.05, 4.69) is 41.7 Å². The molecule has 26 heavy (non-hydrogen) atoms. The molecule has 3 aromatic rings. The molecule has 4 rings (SSSR count). The van der Waals surface area contributed by atoms with E-state index in [9.17, 15) is 5.11 Å². The first kappa shape index (κ1) is 17.6. The molecule has 0 aliphatic carbocycles. The molecule has 0 spiro atoms. The summed E-state index contributed by atoms with van der Waals surface area (Å²) in [5.41, 5.74) is 4.27. The summed E-state index contributed by atoms with van der Waals surface area (Å²) in [5.74, 6) is 0. The van der Waals surface area contributed by atoms with Crippen LogP contribution in [0.3, 0.4) is 0 Å². The van der Waals surface area contributed by atoms with Crippen LogP contribution in [0.2, 0.25) is 10.0 Å². The Morgan fingerprint density at radius 1 is 0.885 bits per heavy atom. The van der Waals surface area contributed by atoms with Crippen LogP contribution in [0.15, 0.2) is 72.8 Å². The Morgan fingerprint density at radius 2 is 1.50 bits per heavy atom. The molecule has 1 heterocycles. The van der Waals surface area contributed by atoms with Crippen molar-refractivity contribution in [2.45, 2.75) is 24.6 Å². The monoisotopic (exact) mass is 384 g/mol. The molecule has 0 aromatic heterocycles. The number of hydrogen-bond donors (Lipinski definition) is 2. The number of rotatable bonds is 4. The van der Waals surface area contributed by atoms with Gasteiger partial charge in [-0.15, -0.1) is 0 Å². The van der Waals surface area contributed by atoms with Crippen LogP contribution in [0.4, 0.5) is 0 Å². The number of hydrogen-bond acceptors (Lipinski definition) is 1. The summed E-state index contributed by atoms with van der Waals surface area (Å²) >= 11 is 12.1. The van der Waals surface area contributed by atoms with Crippen LogP contribution in [0, 0.1) is 0 Å². The highest BCUT2D eigenvalue weighted by Gasteiger charge is 2.45. The fraction of sp³-hybridized carbons (Fsp3) is 0.182. The second-order valence-electron chi connectivity index (χ2n) is 6.82. The van der Waals surface area contributed by atoms with Crippen LogP contribution in [0.1, 0.15) is 34.8 Å². The summed E-state index contributed by atoms with van der Waals surface area (Å²) in [7, 11) is 0. The molecule has 0 saturated carbocycles. The predicted octanol–water partition coefficient (Wildman–Crippen LogP) is 4.44. The number of benzene rings is 3. The minimum atomic E-state index is -0.592. The van der Waals surface area contributed by atoms with Crippen LogP contribution in [-0.4, -0.2) is 5.11 Å². The van der Waals surface area contributed by atoms with Crippen molar-refractivity contribution in [2.24, 2.45) is 0 Å². The minimum absolute atomic E-state index is 0.333. The van der Waals surface area contributed by atoms with Crippen molar-refractivity contribution in [3.63, 3.8) is 0 Å². The molecule has 1 aliphatic heterocycles. The average Bonchev–Trinajstić information content (AvgIpc) is 3.02. The Kier molecular flexibility index (Phi) is 4.76. The molecule has 2 atom stereocenters. The van der Waals surface area contributed by atoms with Crippen molar-refractivity contribution in [1.82, 2.24) is 0 Å². The molecule has 0 unspecified atom stereocenters. The van der Waals surface area contributed by atoms with Crippen molar-refractivity contribution < 1.29 is 10.4 Å². The summed E-state index contributed by atoms with van der Waals surface area (Å²) in [6, 6.07) is 23.9. The van der Waals surface area contributed by atoms with Gasteiger partial charge in [-0.3, -0.25) is 0 Å². The number of nitrogens with two attached hydrogens (primary N) is 1. The average molecular weight is 385 g/mol. The van der Waals surface area contributed by atoms with Crippen molar-refractivity contribution in [1.29, 1.82) is 0 Å². The molecule has 0 amide bonds. The third-order valence-electron chi connectivity index (χ3n) is 5.30. The van der Waals surface area contributed by atoms with Crippen molar-refractivity contribution in [3.8, 4) is 0 Å². The van der Waals surface area contributed by atoms with Gasteiger partial charge in [0.25, 0.3) is 0 Å². The molecule has 2 nitrogen and oxygen atoms in total. The van der Waals surface area contributed by atoms with Gasteiger partial charge in [-0.25, -0.2) is 0 Å². The quantitative estimate of drug-likeness (QED) is 0.685. The largest absolute Gasteiger partial charge is 0.388 e. The van der Waals surface area contributed by atoms with E-state index in [-0.39, 0.29) is 5.54 Å². The number of aliphatic hydroxyl groups is 1. The van der Waals surface area contributed by atoms with Gasteiger partial charge in [-0.05, 0) is 29.8 Å². The van der Waals surface area contributed by atoms with E-state index in [0.29, 0.717) is 16.5 Å². The van der Waals surface area contributed by atoms with Crippen LogP contribution in [0.25, 0.3) is 0 Å². The van der Waals surface area contributed by atoms with Crippen LogP contribution in [-0.2, 0) is 12.1 Å². The molecular formula is C22H20Cl2NO+. The smallest absolute Gasteiger partial charge is 0.151 e. The number of halogens is 2. The molecule has 0 saturated heterocycles. The summed E-state index contributed by atoms with van der Waals surface area (Å²) in [5, 5.41) is 14.7. The van der Waals surface area contributed by atoms with E-state index in [0.717, 1.165) is 17.7 Å².